The number of piperidine rings is 1. The van der Waals surface area contributed by atoms with E-state index in [9.17, 15) is 30.8 Å². The van der Waals surface area contributed by atoms with Gasteiger partial charge in [0.2, 0.25) is 10.0 Å². The number of allylic oxidation sites excluding steroid dienone is 2. The molecule has 41 heavy (non-hydrogen) atoms. The maximum absolute atomic E-state index is 14.2. The van der Waals surface area contributed by atoms with E-state index in [1.54, 1.807) is 6.08 Å². The number of rotatable bonds is 7. The molecule has 0 amide bonds. The number of aromatic nitrogens is 3. The summed E-state index contributed by atoms with van der Waals surface area (Å²) in [7, 11) is -4.14. The van der Waals surface area contributed by atoms with E-state index in [0.29, 0.717) is 34.3 Å². The molecule has 9 nitrogen and oxygen atoms in total. The minimum absolute atomic E-state index is 0.00636. The molecule has 3 heterocycles. The lowest BCUT2D eigenvalue weighted by atomic mass is 9.65. The van der Waals surface area contributed by atoms with E-state index in [1.807, 2.05) is 0 Å². The maximum Gasteiger partial charge on any atom is 0.416 e. The summed E-state index contributed by atoms with van der Waals surface area (Å²) in [4.78, 5) is 18.0. The largest absolute Gasteiger partial charge is 0.416 e. The van der Waals surface area contributed by atoms with Crippen molar-refractivity contribution in [3.05, 3.63) is 94.5 Å². The monoisotopic (exact) mass is 588 g/mol. The molecule has 0 unspecified atom stereocenters. The number of halogens is 4. The highest BCUT2D eigenvalue weighted by atomic mass is 32.2. The zero-order valence-electron chi connectivity index (χ0n) is 21.6. The summed E-state index contributed by atoms with van der Waals surface area (Å²) in [5, 5.41) is 17.5. The van der Waals surface area contributed by atoms with Crippen molar-refractivity contribution in [1.29, 1.82) is 5.41 Å². The van der Waals surface area contributed by atoms with Gasteiger partial charge in [0.1, 0.15) is 16.4 Å². The lowest BCUT2D eigenvalue weighted by molar-refractivity contribution is -0.137. The Morgan fingerprint density at radius 2 is 1.95 bits per heavy atom. The first-order valence-electron chi connectivity index (χ1n) is 12.4. The van der Waals surface area contributed by atoms with Crippen molar-refractivity contribution in [3.8, 4) is 0 Å². The molecule has 3 aromatic rings. The van der Waals surface area contributed by atoms with Crippen LogP contribution < -0.4 is 5.32 Å². The molecule has 3 N–H and O–H groups in total. The molecule has 1 aromatic carbocycles. The fourth-order valence-electron chi connectivity index (χ4n) is 5.19. The zero-order valence-corrected chi connectivity index (χ0v) is 22.4. The van der Waals surface area contributed by atoms with Crippen molar-refractivity contribution in [2.45, 2.75) is 30.8 Å². The Kier molecular flexibility index (Phi) is 7.15. The Labute approximate surface area is 232 Å². The minimum atomic E-state index is -4.73. The smallest absolute Gasteiger partial charge is 0.355 e. The summed E-state index contributed by atoms with van der Waals surface area (Å²) in [6.45, 7) is 1.14. The van der Waals surface area contributed by atoms with E-state index >= 15 is 0 Å². The van der Waals surface area contributed by atoms with Gasteiger partial charge in [-0.3, -0.25) is 14.9 Å². The molecular weight excluding hydrogens is 564 g/mol. The average molecular weight is 589 g/mol. The predicted octanol–water partition coefficient (Wildman–Crippen LogP) is 4.88. The first kappa shape index (κ1) is 28.4. The van der Waals surface area contributed by atoms with Gasteiger partial charge in [0, 0.05) is 36.9 Å². The Morgan fingerprint density at radius 1 is 1.22 bits per heavy atom. The van der Waals surface area contributed by atoms with Crippen LogP contribution >= 0.6 is 0 Å². The van der Waals surface area contributed by atoms with E-state index in [-0.39, 0.29) is 30.8 Å². The van der Waals surface area contributed by atoms with E-state index in [1.165, 1.54) is 31.2 Å². The maximum atomic E-state index is 14.2. The number of ketones is 1. The number of pyridine rings is 1. The molecule has 0 spiro atoms. The number of Topliss-reactive ketones (excluding diaryl/α,β-unsaturated/α-hetero) is 1. The van der Waals surface area contributed by atoms with E-state index in [0.717, 1.165) is 29.0 Å². The van der Waals surface area contributed by atoms with Crippen LogP contribution in [0.5, 0.6) is 0 Å². The van der Waals surface area contributed by atoms with Crippen molar-refractivity contribution in [1.82, 2.24) is 19.5 Å². The number of fused-ring (bicyclic) bond motifs is 1. The Hall–Kier alpha value is -4.17. The molecule has 214 valence electrons. The number of sulfonamides is 1. The SMILES string of the molecule is Cc1[nH]ncc1S(=O)(=O)N1CCC2=CC(Nc3ccc(F)cc3)=C(C=N)C[C@]2(C(=O)c2cc(C(F)(F)F)ccn2)C1. The molecule has 0 radical (unpaired) electrons. The van der Waals surface area contributed by atoms with E-state index < -0.39 is 44.5 Å². The van der Waals surface area contributed by atoms with Crippen molar-refractivity contribution < 1.29 is 30.8 Å². The Morgan fingerprint density at radius 3 is 2.59 bits per heavy atom. The highest BCUT2D eigenvalue weighted by Crippen LogP contribution is 2.48. The van der Waals surface area contributed by atoms with Gasteiger partial charge < -0.3 is 10.7 Å². The number of nitrogens with zero attached hydrogens (tertiary/aromatic N) is 3. The third kappa shape index (κ3) is 5.20. The summed E-state index contributed by atoms with van der Waals surface area (Å²) >= 11 is 0. The number of alkyl halides is 3. The van der Waals surface area contributed by atoms with Crippen LogP contribution in [0.4, 0.5) is 23.2 Å². The molecule has 1 aliphatic carbocycles. The summed E-state index contributed by atoms with van der Waals surface area (Å²) in [5.74, 6) is -1.24. The van der Waals surface area contributed by atoms with Crippen molar-refractivity contribution in [2.24, 2.45) is 5.41 Å². The van der Waals surface area contributed by atoms with Gasteiger partial charge in [0.25, 0.3) is 0 Å². The normalized spacial score (nSPS) is 19.9. The number of carbonyl (C=O) groups excluding carboxylic acids is 1. The highest BCUT2D eigenvalue weighted by Gasteiger charge is 2.51. The number of benzene rings is 1. The molecule has 2 aromatic heterocycles. The number of nitrogens with one attached hydrogen (secondary N) is 3. The number of H-pyrrole nitrogens is 1. The van der Waals surface area contributed by atoms with Crippen LogP contribution in [-0.2, 0) is 16.2 Å². The summed E-state index contributed by atoms with van der Waals surface area (Å²) in [6, 6.07) is 6.88. The fraction of sp³-hybridized carbons (Fsp3) is 0.259. The van der Waals surface area contributed by atoms with Crippen LogP contribution in [0.1, 0.15) is 34.6 Å². The predicted molar refractivity (Wildman–Crippen MR) is 141 cm³/mol. The molecule has 1 saturated heterocycles. The molecule has 1 aliphatic heterocycles. The third-order valence-corrected chi connectivity index (χ3v) is 9.26. The quantitative estimate of drug-likeness (QED) is 0.205. The van der Waals surface area contributed by atoms with Crippen LogP contribution in [0, 0.1) is 23.6 Å². The van der Waals surface area contributed by atoms with Gasteiger partial charge in [0.15, 0.2) is 5.78 Å². The standard InChI is InChI=1S/C27H24F4N6O3S/c1-16-24(14-34-36-16)41(39,40)37-9-7-18-10-22(35-21-4-2-20(28)3-5-21)17(13-32)12-26(18,15-37)25(38)23-11-19(6-8-33-23)27(29,30)31/h2-6,8,10-11,13-14,32,35H,7,9,12,15H2,1H3,(H,34,36)/t26-/m0/s1. The van der Waals surface area contributed by atoms with Gasteiger partial charge in [-0.25, -0.2) is 12.8 Å². The summed E-state index contributed by atoms with van der Waals surface area (Å²) < 4.78 is 82.2. The number of carbonyl (C=O) groups is 1. The number of aromatic amines is 1. The third-order valence-electron chi connectivity index (χ3n) is 7.30. The Balaban J connectivity index is 1.61. The Bertz CT molecular complexity index is 1700. The average Bonchev–Trinajstić information content (AvgIpc) is 3.39. The summed E-state index contributed by atoms with van der Waals surface area (Å²) in [6.07, 6.45) is -0.159. The number of hydrogen-bond donors (Lipinski definition) is 3. The van der Waals surface area contributed by atoms with Crippen LogP contribution in [-0.4, -0.2) is 53.0 Å². The van der Waals surface area contributed by atoms with Crippen molar-refractivity contribution in [2.75, 3.05) is 18.4 Å². The topological polar surface area (TPSA) is 132 Å². The van der Waals surface area contributed by atoms with Gasteiger partial charge in [-0.2, -0.15) is 22.6 Å². The lowest BCUT2D eigenvalue weighted by Crippen LogP contribution is -2.52. The molecule has 1 atom stereocenters. The zero-order chi connectivity index (χ0) is 29.6. The number of anilines is 1. The minimum Gasteiger partial charge on any atom is -0.355 e. The van der Waals surface area contributed by atoms with Crippen LogP contribution in [0.3, 0.4) is 0 Å². The van der Waals surface area contributed by atoms with Crippen molar-refractivity contribution in [3.63, 3.8) is 0 Å². The molecule has 14 heteroatoms. The van der Waals surface area contributed by atoms with Gasteiger partial charge >= 0.3 is 6.18 Å². The number of aryl methyl sites for hydroxylation is 1. The molecule has 5 rings (SSSR count). The highest BCUT2D eigenvalue weighted by molar-refractivity contribution is 7.89. The molecule has 0 bridgehead atoms. The van der Waals surface area contributed by atoms with Gasteiger partial charge in [0.05, 0.1) is 22.9 Å². The molecular formula is C27H24F4N6O3S. The van der Waals surface area contributed by atoms with Crippen molar-refractivity contribution >= 4 is 27.7 Å². The second-order valence-corrected chi connectivity index (χ2v) is 11.8. The molecule has 2 aliphatic rings. The number of hydrogen-bond acceptors (Lipinski definition) is 7. The van der Waals surface area contributed by atoms with Gasteiger partial charge in [-0.1, -0.05) is 5.57 Å². The second kappa shape index (κ2) is 10.3. The van der Waals surface area contributed by atoms with E-state index in [4.69, 9.17) is 5.41 Å². The fourth-order valence-corrected chi connectivity index (χ4v) is 6.80. The second-order valence-electron chi connectivity index (χ2n) is 9.85. The molecule has 1 fully saturated rings. The van der Waals surface area contributed by atoms with Gasteiger partial charge in [-0.05, 0) is 67.8 Å². The van der Waals surface area contributed by atoms with Crippen LogP contribution in [0.2, 0.25) is 0 Å². The van der Waals surface area contributed by atoms with Crippen LogP contribution in [0.15, 0.2) is 76.6 Å². The van der Waals surface area contributed by atoms with Gasteiger partial charge in [-0.15, -0.1) is 0 Å². The first-order chi connectivity index (χ1) is 19.3. The van der Waals surface area contributed by atoms with Crippen LogP contribution in [0.25, 0.3) is 0 Å². The van der Waals surface area contributed by atoms with E-state index in [2.05, 4.69) is 20.5 Å². The summed E-state index contributed by atoms with van der Waals surface area (Å²) in [5.41, 5.74) is -1.16. The lowest BCUT2D eigenvalue weighted by Gasteiger charge is -2.45. The first-order valence-corrected chi connectivity index (χ1v) is 13.8. The molecule has 0 saturated carbocycles.